The molecular formula is C15H21NO2. The van der Waals surface area contributed by atoms with E-state index in [-0.39, 0.29) is 5.97 Å². The molecule has 0 aliphatic heterocycles. The van der Waals surface area contributed by atoms with E-state index < -0.39 is 0 Å². The topological polar surface area (TPSA) is 38.3 Å². The van der Waals surface area contributed by atoms with Crippen molar-refractivity contribution in [3.63, 3.8) is 0 Å². The molecule has 1 N–H and O–H groups in total. The Labute approximate surface area is 109 Å². The first-order valence-electron chi connectivity index (χ1n) is 6.80. The van der Waals surface area contributed by atoms with E-state index in [2.05, 4.69) is 5.32 Å². The fourth-order valence-corrected chi connectivity index (χ4v) is 2.42. The van der Waals surface area contributed by atoms with Crippen molar-refractivity contribution in [2.75, 3.05) is 18.5 Å². The zero-order valence-corrected chi connectivity index (χ0v) is 10.9. The van der Waals surface area contributed by atoms with Crippen molar-refractivity contribution in [2.24, 2.45) is 5.92 Å². The van der Waals surface area contributed by atoms with Gasteiger partial charge < -0.3 is 10.1 Å². The molecule has 3 heteroatoms. The van der Waals surface area contributed by atoms with E-state index in [9.17, 15) is 4.79 Å². The van der Waals surface area contributed by atoms with Crippen LogP contribution in [-0.2, 0) is 4.74 Å². The summed E-state index contributed by atoms with van der Waals surface area (Å²) in [5.74, 6) is 0.564. The van der Waals surface area contributed by atoms with E-state index in [1.165, 1.54) is 25.7 Å². The summed E-state index contributed by atoms with van der Waals surface area (Å²) in [6.07, 6.45) is 5.42. The maximum Gasteiger partial charge on any atom is 0.338 e. The minimum Gasteiger partial charge on any atom is -0.462 e. The highest BCUT2D eigenvalue weighted by molar-refractivity contribution is 5.89. The Kier molecular flexibility index (Phi) is 4.62. The molecule has 0 amide bonds. The quantitative estimate of drug-likeness (QED) is 0.810. The first-order valence-corrected chi connectivity index (χ1v) is 6.80. The summed E-state index contributed by atoms with van der Waals surface area (Å²) in [6, 6.07) is 7.52. The molecule has 0 heterocycles. The van der Waals surface area contributed by atoms with Gasteiger partial charge in [0.05, 0.1) is 12.2 Å². The Morgan fingerprint density at radius 1 is 1.28 bits per heavy atom. The van der Waals surface area contributed by atoms with E-state index in [0.717, 1.165) is 18.2 Å². The minimum absolute atomic E-state index is 0.250. The summed E-state index contributed by atoms with van der Waals surface area (Å²) in [6.45, 7) is 3.27. The third-order valence-electron chi connectivity index (χ3n) is 3.47. The highest BCUT2D eigenvalue weighted by atomic mass is 16.5. The van der Waals surface area contributed by atoms with Gasteiger partial charge in [-0.25, -0.2) is 4.79 Å². The first-order chi connectivity index (χ1) is 8.79. The first kappa shape index (κ1) is 12.9. The van der Waals surface area contributed by atoms with Gasteiger partial charge >= 0.3 is 5.97 Å². The van der Waals surface area contributed by atoms with E-state index >= 15 is 0 Å². The number of benzene rings is 1. The van der Waals surface area contributed by atoms with Crippen LogP contribution in [0.25, 0.3) is 0 Å². The molecule has 1 aliphatic carbocycles. The molecule has 0 atom stereocenters. The van der Waals surface area contributed by atoms with Gasteiger partial charge in [-0.2, -0.15) is 0 Å². The van der Waals surface area contributed by atoms with Crippen LogP contribution in [0.3, 0.4) is 0 Å². The predicted octanol–water partition coefficient (Wildman–Crippen LogP) is 3.47. The summed E-state index contributed by atoms with van der Waals surface area (Å²) >= 11 is 0. The maximum absolute atomic E-state index is 11.5. The molecule has 0 aromatic heterocycles. The second-order valence-corrected chi connectivity index (χ2v) is 4.83. The van der Waals surface area contributed by atoms with Gasteiger partial charge in [-0.15, -0.1) is 0 Å². The number of carbonyl (C=O) groups is 1. The number of esters is 1. The second kappa shape index (κ2) is 6.43. The summed E-state index contributed by atoms with van der Waals surface area (Å²) < 4.78 is 4.95. The average Bonchev–Trinajstić information content (AvgIpc) is 2.90. The largest absolute Gasteiger partial charge is 0.462 e. The zero-order valence-electron chi connectivity index (χ0n) is 10.9. The van der Waals surface area contributed by atoms with Crippen LogP contribution in [0.15, 0.2) is 24.3 Å². The SMILES string of the molecule is CCOC(=O)c1ccc(NCC2CCCC2)cc1. The Morgan fingerprint density at radius 3 is 2.56 bits per heavy atom. The molecule has 0 unspecified atom stereocenters. The fraction of sp³-hybridized carbons (Fsp3) is 0.533. The Hall–Kier alpha value is -1.51. The van der Waals surface area contributed by atoms with Crippen LogP contribution in [0.4, 0.5) is 5.69 Å². The van der Waals surface area contributed by atoms with Gasteiger partial charge in [0.2, 0.25) is 0 Å². The molecule has 0 radical (unpaired) electrons. The van der Waals surface area contributed by atoms with Gasteiger partial charge in [0.1, 0.15) is 0 Å². The lowest BCUT2D eigenvalue weighted by molar-refractivity contribution is 0.0526. The third kappa shape index (κ3) is 3.49. The monoisotopic (exact) mass is 247 g/mol. The molecule has 0 spiro atoms. The van der Waals surface area contributed by atoms with Gasteiger partial charge in [-0.05, 0) is 49.9 Å². The summed E-state index contributed by atoms with van der Waals surface area (Å²) in [5.41, 5.74) is 1.69. The molecule has 3 nitrogen and oxygen atoms in total. The van der Waals surface area contributed by atoms with E-state index in [1.807, 2.05) is 31.2 Å². The summed E-state index contributed by atoms with van der Waals surface area (Å²) in [7, 11) is 0. The fourth-order valence-electron chi connectivity index (χ4n) is 2.42. The number of carbonyl (C=O) groups excluding carboxylic acids is 1. The standard InChI is InChI=1S/C15H21NO2/c1-2-18-15(17)13-7-9-14(10-8-13)16-11-12-5-3-4-6-12/h7-10,12,16H,2-6,11H2,1H3. The van der Waals surface area contributed by atoms with Gasteiger partial charge in [-0.1, -0.05) is 12.8 Å². The van der Waals surface area contributed by atoms with Gasteiger partial charge in [0.15, 0.2) is 0 Å². The molecule has 1 aromatic carbocycles. The number of hydrogen-bond acceptors (Lipinski definition) is 3. The average molecular weight is 247 g/mol. The molecule has 1 aromatic rings. The maximum atomic E-state index is 11.5. The number of anilines is 1. The van der Waals surface area contributed by atoms with Gasteiger partial charge in [0, 0.05) is 12.2 Å². The van der Waals surface area contributed by atoms with Crippen LogP contribution in [0.1, 0.15) is 43.0 Å². The zero-order chi connectivity index (χ0) is 12.8. The highest BCUT2D eigenvalue weighted by Gasteiger charge is 2.14. The van der Waals surface area contributed by atoms with Crippen LogP contribution >= 0.6 is 0 Å². The smallest absolute Gasteiger partial charge is 0.338 e. The third-order valence-corrected chi connectivity index (χ3v) is 3.47. The van der Waals surface area contributed by atoms with Crippen molar-refractivity contribution in [1.82, 2.24) is 0 Å². The Morgan fingerprint density at radius 2 is 1.94 bits per heavy atom. The van der Waals surface area contributed by atoms with Crippen LogP contribution < -0.4 is 5.32 Å². The molecule has 2 rings (SSSR count). The molecule has 1 aliphatic rings. The van der Waals surface area contributed by atoms with E-state index in [0.29, 0.717) is 12.2 Å². The molecular weight excluding hydrogens is 226 g/mol. The molecule has 0 saturated heterocycles. The number of hydrogen-bond donors (Lipinski definition) is 1. The van der Waals surface area contributed by atoms with Crippen LogP contribution in [0.5, 0.6) is 0 Å². The Balaban J connectivity index is 1.85. The second-order valence-electron chi connectivity index (χ2n) is 4.83. The molecule has 0 bridgehead atoms. The molecule has 98 valence electrons. The van der Waals surface area contributed by atoms with Gasteiger partial charge in [-0.3, -0.25) is 0 Å². The predicted molar refractivity (Wildman–Crippen MR) is 72.8 cm³/mol. The lowest BCUT2D eigenvalue weighted by atomic mass is 10.1. The van der Waals surface area contributed by atoms with Crippen molar-refractivity contribution in [3.05, 3.63) is 29.8 Å². The lowest BCUT2D eigenvalue weighted by Crippen LogP contribution is -2.11. The molecule has 18 heavy (non-hydrogen) atoms. The van der Waals surface area contributed by atoms with E-state index in [4.69, 9.17) is 4.74 Å². The summed E-state index contributed by atoms with van der Waals surface area (Å²) in [4.78, 5) is 11.5. The summed E-state index contributed by atoms with van der Waals surface area (Å²) in [5, 5.41) is 3.43. The van der Waals surface area contributed by atoms with Crippen LogP contribution in [-0.4, -0.2) is 19.1 Å². The molecule has 1 saturated carbocycles. The van der Waals surface area contributed by atoms with Crippen molar-refractivity contribution >= 4 is 11.7 Å². The number of rotatable bonds is 5. The van der Waals surface area contributed by atoms with Crippen molar-refractivity contribution in [3.8, 4) is 0 Å². The van der Waals surface area contributed by atoms with Crippen LogP contribution in [0.2, 0.25) is 0 Å². The Bertz CT molecular complexity index is 380. The van der Waals surface area contributed by atoms with E-state index in [1.54, 1.807) is 0 Å². The lowest BCUT2D eigenvalue weighted by Gasteiger charge is -2.12. The van der Waals surface area contributed by atoms with Crippen LogP contribution in [0, 0.1) is 5.92 Å². The molecule has 1 fully saturated rings. The number of nitrogens with one attached hydrogen (secondary N) is 1. The highest BCUT2D eigenvalue weighted by Crippen LogP contribution is 2.25. The van der Waals surface area contributed by atoms with Gasteiger partial charge in [0.25, 0.3) is 0 Å². The van der Waals surface area contributed by atoms with Crippen molar-refractivity contribution in [1.29, 1.82) is 0 Å². The minimum atomic E-state index is -0.250. The normalized spacial score (nSPS) is 15.6. The number of ether oxygens (including phenoxy) is 1. The van der Waals surface area contributed by atoms with Crippen molar-refractivity contribution < 1.29 is 9.53 Å². The van der Waals surface area contributed by atoms with Crippen molar-refractivity contribution in [2.45, 2.75) is 32.6 Å².